The van der Waals surface area contributed by atoms with Gasteiger partial charge < -0.3 is 9.84 Å². The summed E-state index contributed by atoms with van der Waals surface area (Å²) < 4.78 is 19.5. The summed E-state index contributed by atoms with van der Waals surface area (Å²) in [5.41, 5.74) is 1.21. The van der Waals surface area contributed by atoms with Gasteiger partial charge in [0.05, 0.1) is 41.0 Å². The van der Waals surface area contributed by atoms with Gasteiger partial charge in [-0.2, -0.15) is 0 Å². The van der Waals surface area contributed by atoms with Crippen LogP contribution in [0.3, 0.4) is 0 Å². The molecule has 1 N–H and O–H groups in total. The largest absolute Gasteiger partial charge is 0.508 e. The van der Waals surface area contributed by atoms with Crippen LogP contribution >= 0.6 is 11.6 Å². The van der Waals surface area contributed by atoms with Gasteiger partial charge in [-0.25, -0.2) is 9.29 Å². The number of amides is 4. The smallest absolute Gasteiger partial charge is 0.241 e. The lowest BCUT2D eigenvalue weighted by molar-refractivity contribution is -0.144. The quantitative estimate of drug-likeness (QED) is 0.244. The zero-order chi connectivity index (χ0) is 35.8. The van der Waals surface area contributed by atoms with E-state index in [2.05, 4.69) is 17.0 Å². The molecule has 51 heavy (non-hydrogen) atoms. The van der Waals surface area contributed by atoms with E-state index in [4.69, 9.17) is 16.3 Å². The molecule has 2 aliphatic carbocycles. The molecule has 3 aromatic rings. The van der Waals surface area contributed by atoms with Gasteiger partial charge in [-0.3, -0.25) is 29.0 Å². The molecule has 11 heteroatoms. The van der Waals surface area contributed by atoms with Gasteiger partial charge in [0, 0.05) is 43.2 Å². The summed E-state index contributed by atoms with van der Waals surface area (Å²) in [6.45, 7) is 4.07. The number of benzene rings is 3. The Bertz CT molecular complexity index is 1980. The maximum Gasteiger partial charge on any atom is 0.241 e. The number of carbonyl (C=O) groups excluding carboxylic acids is 4. The normalized spacial score (nSPS) is 29.6. The molecule has 0 spiro atoms. The predicted octanol–water partition coefficient (Wildman–Crippen LogP) is 6.09. The van der Waals surface area contributed by atoms with Crippen LogP contribution < -0.4 is 9.64 Å². The molecule has 3 heterocycles. The Labute approximate surface area is 300 Å². The monoisotopic (exact) mass is 711 g/mol. The first-order valence-corrected chi connectivity index (χ1v) is 17.9. The standard InChI is InChI=1S/C40H39ClFN3O6/c1-40-30(37(48)45(39(40)50)24-8-13-32(42)31(41)18-24)20-29-26(35(40)27-10-9-25(51-2)19-33(27)46)11-12-28-34(29)38(49)44(36(28)47)23-14-16-43(17-15-23)21-22-6-4-3-5-7-22/h3-11,13,18-19,23,28-30,34-35,46H,12,14-17,20-21H2,1-2H3. The van der Waals surface area contributed by atoms with Crippen LogP contribution in [0, 0.1) is 34.9 Å². The molecule has 3 aliphatic heterocycles. The highest BCUT2D eigenvalue weighted by molar-refractivity contribution is 6.31. The topological polar surface area (TPSA) is 107 Å². The lowest BCUT2D eigenvalue weighted by Crippen LogP contribution is -2.49. The van der Waals surface area contributed by atoms with Crippen LogP contribution in [0.25, 0.3) is 0 Å². The summed E-state index contributed by atoms with van der Waals surface area (Å²) in [6, 6.07) is 18.6. The second kappa shape index (κ2) is 12.6. The Balaban J connectivity index is 1.14. The molecule has 0 aromatic heterocycles. The van der Waals surface area contributed by atoms with Crippen LogP contribution in [-0.4, -0.2) is 64.8 Å². The molecule has 264 valence electrons. The number of piperidine rings is 1. The number of aromatic hydroxyl groups is 1. The number of hydrogen-bond donors (Lipinski definition) is 1. The highest BCUT2D eigenvalue weighted by atomic mass is 35.5. The summed E-state index contributed by atoms with van der Waals surface area (Å²) in [5.74, 6) is -5.19. The van der Waals surface area contributed by atoms with E-state index in [1.165, 1.54) is 35.8 Å². The number of methoxy groups -OCH3 is 1. The van der Waals surface area contributed by atoms with E-state index in [0.29, 0.717) is 30.6 Å². The van der Waals surface area contributed by atoms with Crippen molar-refractivity contribution in [3.8, 4) is 11.5 Å². The van der Waals surface area contributed by atoms with Gasteiger partial charge in [-0.15, -0.1) is 0 Å². The molecule has 3 aromatic carbocycles. The van der Waals surface area contributed by atoms with Crippen LogP contribution in [0.4, 0.5) is 10.1 Å². The van der Waals surface area contributed by atoms with E-state index in [1.807, 2.05) is 24.3 Å². The molecular formula is C40H39ClFN3O6. The number of phenolic OH excluding ortho intramolecular Hbond substituents is 1. The van der Waals surface area contributed by atoms with E-state index in [9.17, 15) is 28.7 Å². The van der Waals surface area contributed by atoms with Crippen molar-refractivity contribution in [2.24, 2.45) is 29.1 Å². The maximum atomic E-state index is 14.6. The fourth-order valence-electron chi connectivity index (χ4n) is 9.69. The molecule has 1 saturated carbocycles. The number of hydrogen-bond acceptors (Lipinski definition) is 7. The van der Waals surface area contributed by atoms with Crippen molar-refractivity contribution < 1.29 is 33.4 Å². The van der Waals surface area contributed by atoms with Crippen molar-refractivity contribution in [1.82, 2.24) is 9.80 Å². The zero-order valence-corrected chi connectivity index (χ0v) is 29.2. The Kier molecular flexibility index (Phi) is 8.30. The average Bonchev–Trinajstić information content (AvgIpc) is 3.50. The van der Waals surface area contributed by atoms with Crippen molar-refractivity contribution in [2.45, 2.75) is 51.1 Å². The minimum Gasteiger partial charge on any atom is -0.508 e. The fourth-order valence-corrected chi connectivity index (χ4v) is 9.86. The second-order valence-electron chi connectivity index (χ2n) is 14.7. The van der Waals surface area contributed by atoms with E-state index in [-0.39, 0.29) is 40.7 Å². The Morgan fingerprint density at radius 3 is 2.37 bits per heavy atom. The number of likely N-dealkylation sites (tertiary alicyclic amines) is 2. The third kappa shape index (κ3) is 5.20. The molecule has 6 unspecified atom stereocenters. The summed E-state index contributed by atoms with van der Waals surface area (Å²) in [7, 11) is 1.48. The van der Waals surface area contributed by atoms with Gasteiger partial charge in [0.25, 0.3) is 0 Å². The number of anilines is 1. The number of imide groups is 2. The lowest BCUT2D eigenvalue weighted by Gasteiger charge is -2.49. The van der Waals surface area contributed by atoms with Gasteiger partial charge >= 0.3 is 0 Å². The number of rotatable bonds is 6. The molecule has 4 amide bonds. The number of ether oxygens (including phenoxy) is 1. The van der Waals surface area contributed by atoms with Crippen molar-refractivity contribution in [3.05, 3.63) is 100 Å². The summed E-state index contributed by atoms with van der Waals surface area (Å²) >= 11 is 6.11. The first-order chi connectivity index (χ1) is 24.5. The van der Waals surface area contributed by atoms with Gasteiger partial charge in [-0.05, 0) is 68.4 Å². The molecular weight excluding hydrogens is 673 g/mol. The Hall–Kier alpha value is -4.54. The first-order valence-electron chi connectivity index (χ1n) is 17.6. The van der Waals surface area contributed by atoms with Gasteiger partial charge in [-0.1, -0.05) is 59.6 Å². The molecule has 5 aliphatic rings. The number of fused-ring (bicyclic) bond motifs is 4. The SMILES string of the molecule is COc1ccc(C2C3=CCC4C(=O)N(C5CCN(Cc6ccccc6)CC5)C(=O)C4C3CC3C(=O)N(c4ccc(F)c(Cl)c4)C(=O)C32C)c(O)c1. The van der Waals surface area contributed by atoms with Gasteiger partial charge in [0.1, 0.15) is 17.3 Å². The Morgan fingerprint density at radius 1 is 0.941 bits per heavy atom. The van der Waals surface area contributed by atoms with Crippen molar-refractivity contribution >= 4 is 40.9 Å². The number of nitrogens with zero attached hydrogens (tertiary/aromatic N) is 3. The minimum atomic E-state index is -1.36. The summed E-state index contributed by atoms with van der Waals surface area (Å²) in [5, 5.41) is 11.2. The lowest BCUT2D eigenvalue weighted by atomic mass is 9.51. The molecule has 0 bridgehead atoms. The van der Waals surface area contributed by atoms with E-state index >= 15 is 0 Å². The molecule has 9 nitrogen and oxygen atoms in total. The maximum absolute atomic E-state index is 14.6. The minimum absolute atomic E-state index is 0.107. The highest BCUT2D eigenvalue weighted by Crippen LogP contribution is 2.64. The molecule has 0 radical (unpaired) electrons. The number of phenols is 1. The third-order valence-electron chi connectivity index (χ3n) is 12.2. The average molecular weight is 712 g/mol. The molecule has 6 atom stereocenters. The van der Waals surface area contributed by atoms with Gasteiger partial charge in [0.2, 0.25) is 23.6 Å². The van der Waals surface area contributed by atoms with Crippen molar-refractivity contribution in [2.75, 3.05) is 25.1 Å². The number of carbonyl (C=O) groups is 4. The van der Waals surface area contributed by atoms with Crippen LogP contribution in [0.15, 0.2) is 78.4 Å². The molecule has 4 fully saturated rings. The van der Waals surface area contributed by atoms with Crippen molar-refractivity contribution in [3.63, 3.8) is 0 Å². The van der Waals surface area contributed by atoms with Crippen LogP contribution in [0.2, 0.25) is 5.02 Å². The number of halogens is 2. The van der Waals surface area contributed by atoms with Crippen molar-refractivity contribution in [1.29, 1.82) is 0 Å². The Morgan fingerprint density at radius 2 is 1.69 bits per heavy atom. The van der Waals surface area contributed by atoms with E-state index in [1.54, 1.807) is 19.1 Å². The third-order valence-corrected chi connectivity index (χ3v) is 12.5. The summed E-state index contributed by atoms with van der Waals surface area (Å²) in [4.78, 5) is 62.6. The van der Waals surface area contributed by atoms with E-state index < -0.39 is 52.6 Å². The fraction of sp³-hybridized carbons (Fsp3) is 0.400. The van der Waals surface area contributed by atoms with E-state index in [0.717, 1.165) is 36.2 Å². The van der Waals surface area contributed by atoms with Crippen LogP contribution in [-0.2, 0) is 25.7 Å². The zero-order valence-electron chi connectivity index (χ0n) is 28.4. The van der Waals surface area contributed by atoms with Crippen LogP contribution in [0.5, 0.6) is 11.5 Å². The molecule has 3 saturated heterocycles. The highest BCUT2D eigenvalue weighted by Gasteiger charge is 2.68. The molecule has 8 rings (SSSR count). The van der Waals surface area contributed by atoms with Crippen LogP contribution in [0.1, 0.15) is 49.7 Å². The second-order valence-corrected chi connectivity index (χ2v) is 15.1. The first kappa shape index (κ1) is 33.6. The summed E-state index contributed by atoms with van der Waals surface area (Å²) in [6.07, 6.45) is 3.82. The number of allylic oxidation sites excluding steroid dienone is 2. The predicted molar refractivity (Wildman–Crippen MR) is 187 cm³/mol. The van der Waals surface area contributed by atoms with Gasteiger partial charge in [0.15, 0.2) is 0 Å².